The highest BCUT2D eigenvalue weighted by Crippen LogP contribution is 2.01. The number of nitrogens with two attached hydrogens (primary N) is 1. The minimum absolute atomic E-state index is 0.00245. The first kappa shape index (κ1) is 14.8. The molecule has 5 nitrogen and oxygen atoms in total. The molecule has 0 aromatic heterocycles. The molecule has 15 heavy (non-hydrogen) atoms. The molecule has 0 amide bonds. The number of hydrogen-bond donors (Lipinski definition) is 2. The van der Waals surface area contributed by atoms with Gasteiger partial charge in [0.1, 0.15) is 0 Å². The van der Waals surface area contributed by atoms with Crippen LogP contribution in [0.15, 0.2) is 0 Å². The van der Waals surface area contributed by atoms with Crippen molar-refractivity contribution >= 4 is 10.0 Å². The minimum atomic E-state index is -3.24. The van der Waals surface area contributed by atoms with E-state index in [1.165, 1.54) is 0 Å². The Labute approximate surface area is 92.4 Å². The van der Waals surface area contributed by atoms with Crippen molar-refractivity contribution < 1.29 is 13.2 Å². The highest BCUT2D eigenvalue weighted by molar-refractivity contribution is 7.89. The summed E-state index contributed by atoms with van der Waals surface area (Å²) in [4.78, 5) is 0. The molecule has 0 aromatic rings. The summed E-state index contributed by atoms with van der Waals surface area (Å²) < 4.78 is 30.6. The van der Waals surface area contributed by atoms with Gasteiger partial charge in [-0.05, 0) is 26.3 Å². The van der Waals surface area contributed by atoms with E-state index >= 15 is 0 Å². The summed E-state index contributed by atoms with van der Waals surface area (Å²) in [7, 11) is -3.24. The summed E-state index contributed by atoms with van der Waals surface area (Å²) >= 11 is 0. The van der Waals surface area contributed by atoms with E-state index in [1.54, 1.807) is 0 Å². The van der Waals surface area contributed by atoms with Crippen LogP contribution in [-0.4, -0.2) is 40.0 Å². The van der Waals surface area contributed by atoms with Crippen LogP contribution in [0.5, 0.6) is 0 Å². The van der Waals surface area contributed by atoms with Crippen molar-refractivity contribution in [1.29, 1.82) is 0 Å². The second-order valence-corrected chi connectivity index (χ2v) is 5.51. The zero-order chi connectivity index (χ0) is 11.9. The van der Waals surface area contributed by atoms with Crippen molar-refractivity contribution in [3.05, 3.63) is 0 Å². The number of nitrogens with one attached hydrogen (secondary N) is 1. The predicted molar refractivity (Wildman–Crippen MR) is 61.1 cm³/mol. The Morgan fingerprint density at radius 2 is 2.00 bits per heavy atom. The van der Waals surface area contributed by atoms with Gasteiger partial charge in [0.05, 0.1) is 12.4 Å². The van der Waals surface area contributed by atoms with Crippen molar-refractivity contribution in [2.75, 3.05) is 25.5 Å². The van der Waals surface area contributed by atoms with Gasteiger partial charge in [-0.25, -0.2) is 13.1 Å². The summed E-state index contributed by atoms with van der Waals surface area (Å²) in [6.45, 7) is 6.79. The molecule has 0 aromatic carbocycles. The third kappa shape index (κ3) is 6.83. The second kappa shape index (κ2) is 7.16. The third-order valence-electron chi connectivity index (χ3n) is 2.29. The summed E-state index contributed by atoms with van der Waals surface area (Å²) in [5.41, 5.74) is 5.45. The van der Waals surface area contributed by atoms with E-state index in [0.717, 1.165) is 0 Å². The third-order valence-corrected chi connectivity index (χ3v) is 3.73. The number of ether oxygens (including phenoxy) is 1. The topological polar surface area (TPSA) is 81.4 Å². The van der Waals surface area contributed by atoms with Gasteiger partial charge in [-0.15, -0.1) is 0 Å². The molecule has 0 bridgehead atoms. The first-order valence-corrected chi connectivity index (χ1v) is 6.86. The van der Waals surface area contributed by atoms with Gasteiger partial charge < -0.3 is 10.5 Å². The largest absolute Gasteiger partial charge is 0.381 e. The van der Waals surface area contributed by atoms with E-state index in [2.05, 4.69) is 4.72 Å². The number of hydrogen-bond acceptors (Lipinski definition) is 4. The predicted octanol–water partition coefficient (Wildman–Crippen LogP) is -0.0744. The lowest BCUT2D eigenvalue weighted by Gasteiger charge is -2.19. The van der Waals surface area contributed by atoms with Gasteiger partial charge in [-0.2, -0.15) is 0 Å². The summed E-state index contributed by atoms with van der Waals surface area (Å²) in [5.74, 6) is 0.134. The Bertz CT molecular complexity index is 254. The molecule has 0 rings (SSSR count). The van der Waals surface area contributed by atoms with Crippen LogP contribution in [0.25, 0.3) is 0 Å². The lowest BCUT2D eigenvalue weighted by atomic mass is 10.1. The fraction of sp³-hybridized carbons (Fsp3) is 1.00. The van der Waals surface area contributed by atoms with E-state index in [4.69, 9.17) is 10.5 Å². The average molecular weight is 238 g/mol. The first-order chi connectivity index (χ1) is 6.93. The zero-order valence-corrected chi connectivity index (χ0v) is 10.5. The van der Waals surface area contributed by atoms with Crippen molar-refractivity contribution in [3.63, 3.8) is 0 Å². The molecule has 0 aliphatic rings. The van der Waals surface area contributed by atoms with E-state index in [9.17, 15) is 8.42 Å². The molecule has 6 heteroatoms. The van der Waals surface area contributed by atoms with E-state index in [1.807, 2.05) is 20.8 Å². The van der Waals surface area contributed by atoms with Gasteiger partial charge in [0.25, 0.3) is 0 Å². The maximum absolute atomic E-state index is 11.5. The van der Waals surface area contributed by atoms with Crippen LogP contribution in [-0.2, 0) is 14.8 Å². The highest BCUT2D eigenvalue weighted by atomic mass is 32.2. The molecule has 2 unspecified atom stereocenters. The molecule has 0 spiro atoms. The maximum atomic E-state index is 11.5. The molecular formula is C9H22N2O3S. The van der Waals surface area contributed by atoms with Gasteiger partial charge in [-0.3, -0.25) is 0 Å². The molecule has 0 aliphatic carbocycles. The van der Waals surface area contributed by atoms with E-state index in [-0.39, 0.29) is 24.3 Å². The van der Waals surface area contributed by atoms with Crippen LogP contribution in [0.3, 0.4) is 0 Å². The number of rotatable bonds is 8. The fourth-order valence-electron chi connectivity index (χ4n) is 0.975. The molecule has 0 heterocycles. The summed E-state index contributed by atoms with van der Waals surface area (Å²) in [5, 5.41) is 0. The van der Waals surface area contributed by atoms with E-state index < -0.39 is 10.0 Å². The molecule has 2 atom stereocenters. The molecule has 3 N–H and O–H groups in total. The Morgan fingerprint density at radius 3 is 2.47 bits per heavy atom. The molecule has 0 saturated carbocycles. The Kier molecular flexibility index (Phi) is 7.08. The Balaban J connectivity index is 4.02. The minimum Gasteiger partial charge on any atom is -0.381 e. The molecule has 92 valence electrons. The zero-order valence-electron chi connectivity index (χ0n) is 9.69. The second-order valence-electron chi connectivity index (χ2n) is 3.64. The van der Waals surface area contributed by atoms with Crippen LogP contribution >= 0.6 is 0 Å². The van der Waals surface area contributed by atoms with Crippen molar-refractivity contribution in [1.82, 2.24) is 4.72 Å². The molecule has 0 fully saturated rings. The molecule has 0 saturated heterocycles. The van der Waals surface area contributed by atoms with Crippen LogP contribution in [0.2, 0.25) is 0 Å². The first-order valence-electron chi connectivity index (χ1n) is 5.20. The van der Waals surface area contributed by atoms with Crippen LogP contribution in [0, 0.1) is 5.92 Å². The monoisotopic (exact) mass is 238 g/mol. The molecule has 0 aliphatic heterocycles. The molecule has 0 radical (unpaired) electrons. The maximum Gasteiger partial charge on any atom is 0.214 e. The van der Waals surface area contributed by atoms with Crippen molar-refractivity contribution in [2.45, 2.75) is 26.8 Å². The Hall–Kier alpha value is -0.170. The smallest absolute Gasteiger partial charge is 0.214 e. The van der Waals surface area contributed by atoms with Crippen molar-refractivity contribution in [3.8, 4) is 0 Å². The fourth-order valence-corrected chi connectivity index (χ4v) is 2.23. The van der Waals surface area contributed by atoms with E-state index in [0.29, 0.717) is 13.2 Å². The van der Waals surface area contributed by atoms with Gasteiger partial charge in [0.15, 0.2) is 0 Å². The van der Waals surface area contributed by atoms with Crippen LogP contribution in [0.4, 0.5) is 0 Å². The quantitative estimate of drug-likeness (QED) is 0.580. The highest BCUT2D eigenvalue weighted by Gasteiger charge is 2.17. The number of sulfonamides is 1. The lowest BCUT2D eigenvalue weighted by Crippen LogP contribution is -2.41. The van der Waals surface area contributed by atoms with Gasteiger partial charge in [0, 0.05) is 12.6 Å². The Morgan fingerprint density at radius 1 is 1.40 bits per heavy atom. The lowest BCUT2D eigenvalue weighted by molar-refractivity contribution is 0.163. The van der Waals surface area contributed by atoms with Crippen LogP contribution in [0.1, 0.15) is 20.8 Å². The average Bonchev–Trinajstić information content (AvgIpc) is 2.16. The van der Waals surface area contributed by atoms with Crippen molar-refractivity contribution in [2.24, 2.45) is 11.7 Å². The SMILES string of the molecule is CCOCCS(=O)(=O)NC(C)C(C)CN. The van der Waals surface area contributed by atoms with Gasteiger partial charge in [0.2, 0.25) is 10.0 Å². The van der Waals surface area contributed by atoms with Crippen LogP contribution < -0.4 is 10.5 Å². The summed E-state index contributed by atoms with van der Waals surface area (Å²) in [6.07, 6.45) is 0. The standard InChI is InChI=1S/C9H22N2O3S/c1-4-14-5-6-15(12,13)11-9(3)8(2)7-10/h8-9,11H,4-7,10H2,1-3H3. The molecular weight excluding hydrogens is 216 g/mol. The van der Waals surface area contributed by atoms with Gasteiger partial charge >= 0.3 is 0 Å². The summed E-state index contributed by atoms with van der Waals surface area (Å²) in [6, 6.07) is -0.137. The van der Waals surface area contributed by atoms with Gasteiger partial charge in [-0.1, -0.05) is 6.92 Å². The normalized spacial score (nSPS) is 16.3.